The van der Waals surface area contributed by atoms with Crippen LogP contribution in [0.4, 0.5) is 15.3 Å². The van der Waals surface area contributed by atoms with Crippen LogP contribution in [-0.4, -0.2) is 77.7 Å². The minimum atomic E-state index is -1.03. The Labute approximate surface area is 259 Å². The third-order valence-electron chi connectivity index (χ3n) is 7.35. The van der Waals surface area contributed by atoms with Crippen LogP contribution in [0.1, 0.15) is 61.7 Å². The molecule has 44 heavy (non-hydrogen) atoms. The molecule has 6 amide bonds. The van der Waals surface area contributed by atoms with Crippen molar-refractivity contribution in [1.82, 2.24) is 37.5 Å². The largest absolute Gasteiger partial charge is 0.478 e. The van der Waals surface area contributed by atoms with Crippen molar-refractivity contribution in [3.05, 3.63) is 41.9 Å². The van der Waals surface area contributed by atoms with Crippen LogP contribution >= 0.6 is 11.8 Å². The number of fused-ring (bicyclic) bond motifs is 1. The predicted octanol–water partition coefficient (Wildman–Crippen LogP) is 1.26. The van der Waals surface area contributed by atoms with Gasteiger partial charge >= 0.3 is 18.0 Å². The minimum Gasteiger partial charge on any atom is -0.478 e. The number of carboxylic acid groups (broad SMARTS) is 1. The molecule has 8 N–H and O–H groups in total. The van der Waals surface area contributed by atoms with Gasteiger partial charge in [-0.05, 0) is 49.9 Å². The highest BCUT2D eigenvalue weighted by molar-refractivity contribution is 8.00. The van der Waals surface area contributed by atoms with Crippen LogP contribution in [0.2, 0.25) is 0 Å². The quantitative estimate of drug-likeness (QED) is 0.0913. The second-order valence-electron chi connectivity index (χ2n) is 10.7. The molecular formula is C28H40N8O7S. The molecule has 3 aliphatic rings. The van der Waals surface area contributed by atoms with Crippen LogP contribution in [-0.2, 0) is 14.4 Å². The number of hydrogen-bond donors (Lipinski definition) is 8. The highest BCUT2D eigenvalue weighted by Crippen LogP contribution is 2.33. The monoisotopic (exact) mass is 632 g/mol. The Morgan fingerprint density at radius 3 is 2.36 bits per heavy atom. The molecule has 4 rings (SSSR count). The number of urea groups is 2. The van der Waals surface area contributed by atoms with Crippen LogP contribution in [0.5, 0.6) is 0 Å². The van der Waals surface area contributed by atoms with E-state index in [1.54, 1.807) is 12.1 Å². The van der Waals surface area contributed by atoms with Crippen LogP contribution in [0.25, 0.3) is 0 Å². The molecule has 3 heterocycles. The molecule has 1 aromatic rings. The van der Waals surface area contributed by atoms with Gasteiger partial charge in [0.1, 0.15) is 0 Å². The van der Waals surface area contributed by atoms with E-state index in [-0.39, 0.29) is 54.5 Å². The second kappa shape index (κ2) is 16.6. The summed E-state index contributed by atoms with van der Waals surface area (Å²) in [5.41, 5.74) is 3.35. The number of rotatable bonds is 17. The Kier molecular flexibility index (Phi) is 12.4. The normalized spacial score (nSPS) is 20.1. The molecule has 2 saturated heterocycles. The molecule has 240 valence electrons. The zero-order valence-corrected chi connectivity index (χ0v) is 25.2. The first-order chi connectivity index (χ1) is 21.3. The number of hydrazine groups is 1. The maximum absolute atomic E-state index is 12.1. The minimum absolute atomic E-state index is 0.0451. The smallest absolute Gasteiger partial charge is 0.335 e. The molecule has 0 aromatic heterocycles. The third kappa shape index (κ3) is 10.2. The molecule has 3 aliphatic heterocycles. The van der Waals surface area contributed by atoms with Crippen molar-refractivity contribution in [1.29, 1.82) is 0 Å². The summed E-state index contributed by atoms with van der Waals surface area (Å²) in [6.45, 7) is 1.08. The van der Waals surface area contributed by atoms with Gasteiger partial charge in [0.2, 0.25) is 17.7 Å². The summed E-state index contributed by atoms with van der Waals surface area (Å²) >= 11 is 1.88. The summed E-state index contributed by atoms with van der Waals surface area (Å²) < 4.78 is 0. The number of carboxylic acids is 1. The van der Waals surface area contributed by atoms with Crippen molar-refractivity contribution < 1.29 is 33.9 Å². The molecule has 0 saturated carbocycles. The van der Waals surface area contributed by atoms with E-state index in [2.05, 4.69) is 37.5 Å². The summed E-state index contributed by atoms with van der Waals surface area (Å²) in [5, 5.41) is 27.6. The van der Waals surface area contributed by atoms with E-state index < -0.39 is 12.0 Å². The standard InChI is InChI=1S/C28H40N8O7S/c37-22(8-4-3-6-21-25-20(17-44-21)32-28(42)34-25)29-13-5-1-2-7-23(38)30-14-15-31-27(41)33-24-16-36(35-43-24)19-11-9-18(10-12-19)26(39)40/h9-12,16,20-21,25,35H,1-8,13-15,17H2,(H,29,37)(H,30,38)(H,39,40)(H2,31,33,41)(H2,32,34,42)/t20-,21-,25-/m0/s1. The lowest BCUT2D eigenvalue weighted by Crippen LogP contribution is -2.40. The molecule has 1 aromatic carbocycles. The molecule has 3 atom stereocenters. The topological polar surface area (TPSA) is 202 Å². The van der Waals surface area contributed by atoms with Gasteiger partial charge in [0, 0.05) is 43.5 Å². The molecule has 0 bridgehead atoms. The summed E-state index contributed by atoms with van der Waals surface area (Å²) in [6, 6.07) is 5.92. The zero-order valence-electron chi connectivity index (χ0n) is 24.4. The number of nitrogens with one attached hydrogen (secondary N) is 7. The fraction of sp³-hybridized carbons (Fsp3) is 0.536. The first-order valence-corrected chi connectivity index (χ1v) is 15.9. The number of anilines is 1. The molecule has 16 heteroatoms. The fourth-order valence-electron chi connectivity index (χ4n) is 5.02. The maximum atomic E-state index is 12.1. The number of benzene rings is 1. The Morgan fingerprint density at radius 1 is 0.909 bits per heavy atom. The lowest BCUT2D eigenvalue weighted by molar-refractivity contribution is -0.122. The van der Waals surface area contributed by atoms with Gasteiger partial charge in [0.25, 0.3) is 0 Å². The molecule has 2 fully saturated rings. The number of carbonyl (C=O) groups excluding carboxylic acids is 4. The number of aromatic carboxylic acids is 1. The van der Waals surface area contributed by atoms with Gasteiger partial charge in [0.05, 0.1) is 29.5 Å². The van der Waals surface area contributed by atoms with Crippen molar-refractivity contribution in [3.8, 4) is 0 Å². The Bertz CT molecular complexity index is 1210. The first kappa shape index (κ1) is 32.7. The summed E-state index contributed by atoms with van der Waals surface area (Å²) in [6.07, 6.45) is 7.45. The molecular weight excluding hydrogens is 592 g/mol. The highest BCUT2D eigenvalue weighted by Gasteiger charge is 2.42. The predicted molar refractivity (Wildman–Crippen MR) is 163 cm³/mol. The number of amides is 6. The number of nitrogens with zero attached hydrogens (tertiary/aromatic N) is 1. The van der Waals surface area contributed by atoms with E-state index in [0.717, 1.165) is 37.9 Å². The lowest BCUT2D eigenvalue weighted by atomic mass is 10.0. The van der Waals surface area contributed by atoms with Crippen molar-refractivity contribution >= 4 is 47.3 Å². The van der Waals surface area contributed by atoms with E-state index in [9.17, 15) is 24.0 Å². The van der Waals surface area contributed by atoms with Crippen LogP contribution < -0.4 is 42.5 Å². The van der Waals surface area contributed by atoms with Crippen molar-refractivity contribution in [2.45, 2.75) is 68.7 Å². The summed E-state index contributed by atoms with van der Waals surface area (Å²) in [7, 11) is 0. The SMILES string of the molecule is O=C(CCCC[C@@H]1SC[C@@H]2NC(=O)N[C@@H]21)NCCCCCC(=O)NCCNC(=O)NC1=CN(c2ccc(C(=O)O)cc2)NO1. The van der Waals surface area contributed by atoms with Crippen molar-refractivity contribution in [2.24, 2.45) is 0 Å². The van der Waals surface area contributed by atoms with Gasteiger partial charge in [-0.2, -0.15) is 11.8 Å². The van der Waals surface area contributed by atoms with Gasteiger partial charge in [-0.1, -0.05) is 18.4 Å². The third-order valence-corrected chi connectivity index (χ3v) is 8.85. The number of thioether (sulfide) groups is 1. The number of hydrogen-bond acceptors (Lipinski definition) is 9. The van der Waals surface area contributed by atoms with E-state index in [1.165, 1.54) is 23.3 Å². The molecule has 0 aliphatic carbocycles. The summed E-state index contributed by atoms with van der Waals surface area (Å²) in [5.74, 6) is -0.00433. The number of carbonyl (C=O) groups is 5. The average Bonchev–Trinajstić information content (AvgIpc) is 3.72. The van der Waals surface area contributed by atoms with E-state index >= 15 is 0 Å². The average molecular weight is 633 g/mol. The fourth-order valence-corrected chi connectivity index (χ4v) is 6.56. The number of unbranched alkanes of at least 4 members (excludes halogenated alkanes) is 3. The van der Waals surface area contributed by atoms with Gasteiger partial charge in [-0.3, -0.25) is 14.9 Å². The van der Waals surface area contributed by atoms with Gasteiger partial charge < -0.3 is 36.5 Å². The van der Waals surface area contributed by atoms with Gasteiger partial charge in [0.15, 0.2) is 0 Å². The summed E-state index contributed by atoms with van der Waals surface area (Å²) in [4.78, 5) is 63.8. The van der Waals surface area contributed by atoms with Crippen LogP contribution in [0.3, 0.4) is 0 Å². The van der Waals surface area contributed by atoms with E-state index in [1.807, 2.05) is 11.8 Å². The van der Waals surface area contributed by atoms with Gasteiger partial charge in [-0.15, -0.1) is 0 Å². The molecule has 15 nitrogen and oxygen atoms in total. The van der Waals surface area contributed by atoms with Crippen LogP contribution in [0.15, 0.2) is 36.3 Å². The second-order valence-corrected chi connectivity index (χ2v) is 11.9. The highest BCUT2D eigenvalue weighted by atomic mass is 32.2. The lowest BCUT2D eigenvalue weighted by Gasteiger charge is -2.16. The Balaban J connectivity index is 0.946. The van der Waals surface area contributed by atoms with E-state index in [0.29, 0.717) is 36.7 Å². The van der Waals surface area contributed by atoms with Gasteiger partial charge in [-0.25, -0.2) is 19.4 Å². The Hall–Kier alpha value is -4.18. The molecule has 0 unspecified atom stereocenters. The van der Waals surface area contributed by atoms with Crippen molar-refractivity contribution in [2.75, 3.05) is 30.4 Å². The van der Waals surface area contributed by atoms with E-state index in [4.69, 9.17) is 9.94 Å². The zero-order chi connectivity index (χ0) is 31.3. The Morgan fingerprint density at radius 2 is 1.61 bits per heavy atom. The van der Waals surface area contributed by atoms with Crippen LogP contribution in [0, 0.1) is 0 Å². The first-order valence-electron chi connectivity index (χ1n) is 14.8. The molecule has 0 spiro atoms. The maximum Gasteiger partial charge on any atom is 0.335 e. The van der Waals surface area contributed by atoms with Crippen molar-refractivity contribution in [3.63, 3.8) is 0 Å². The molecule has 0 radical (unpaired) electrons.